The standard InChI is InChI=1S/C21H33N3O/c1-18(2)16-21(25)24-10-8-20(9-11-24)23-14-12-22(13-15-23)17-19-6-4-3-5-7-19/h3-7,18,20H,8-17H2,1-2H3. The molecule has 1 amide bonds. The molecule has 138 valence electrons. The molecule has 2 aliphatic rings. The number of carbonyl (C=O) groups excluding carboxylic acids is 1. The van der Waals surface area contributed by atoms with Crippen LogP contribution in [0.25, 0.3) is 0 Å². The molecule has 0 N–H and O–H groups in total. The third kappa shape index (κ3) is 5.29. The first-order chi connectivity index (χ1) is 12.1. The molecule has 2 saturated heterocycles. The van der Waals surface area contributed by atoms with Crippen molar-refractivity contribution in [2.75, 3.05) is 39.3 Å². The van der Waals surface area contributed by atoms with Crippen molar-refractivity contribution in [2.24, 2.45) is 5.92 Å². The maximum absolute atomic E-state index is 12.2. The van der Waals surface area contributed by atoms with E-state index in [4.69, 9.17) is 0 Å². The fourth-order valence-electron chi connectivity index (χ4n) is 4.09. The summed E-state index contributed by atoms with van der Waals surface area (Å²) in [6.45, 7) is 11.8. The number of hydrogen-bond donors (Lipinski definition) is 0. The Balaban J connectivity index is 1.40. The minimum atomic E-state index is 0.348. The Morgan fingerprint density at radius 2 is 1.64 bits per heavy atom. The summed E-state index contributed by atoms with van der Waals surface area (Å²) in [6.07, 6.45) is 2.98. The topological polar surface area (TPSA) is 26.8 Å². The highest BCUT2D eigenvalue weighted by Crippen LogP contribution is 2.20. The zero-order valence-electron chi connectivity index (χ0n) is 15.9. The van der Waals surface area contributed by atoms with E-state index in [1.165, 1.54) is 5.56 Å². The third-order valence-corrected chi connectivity index (χ3v) is 5.57. The van der Waals surface area contributed by atoms with Gasteiger partial charge < -0.3 is 4.90 Å². The van der Waals surface area contributed by atoms with Crippen molar-refractivity contribution in [3.05, 3.63) is 35.9 Å². The zero-order chi connectivity index (χ0) is 17.6. The number of rotatable bonds is 5. The molecule has 25 heavy (non-hydrogen) atoms. The van der Waals surface area contributed by atoms with Crippen molar-refractivity contribution >= 4 is 5.91 Å². The van der Waals surface area contributed by atoms with Crippen LogP contribution in [-0.2, 0) is 11.3 Å². The number of piperidine rings is 1. The molecular weight excluding hydrogens is 310 g/mol. The summed E-state index contributed by atoms with van der Waals surface area (Å²) >= 11 is 0. The van der Waals surface area contributed by atoms with Gasteiger partial charge in [0.25, 0.3) is 0 Å². The van der Waals surface area contributed by atoms with E-state index in [1.807, 2.05) is 0 Å². The van der Waals surface area contributed by atoms with Crippen LogP contribution in [0.2, 0.25) is 0 Å². The minimum absolute atomic E-state index is 0.348. The summed E-state index contributed by atoms with van der Waals surface area (Å²) in [4.78, 5) is 19.5. The van der Waals surface area contributed by atoms with E-state index in [1.54, 1.807) is 0 Å². The molecule has 3 rings (SSSR count). The van der Waals surface area contributed by atoms with Gasteiger partial charge in [-0.15, -0.1) is 0 Å². The van der Waals surface area contributed by atoms with E-state index >= 15 is 0 Å². The molecule has 0 aromatic heterocycles. The fraction of sp³-hybridized carbons (Fsp3) is 0.667. The molecule has 1 aromatic carbocycles. The molecule has 0 unspecified atom stereocenters. The Morgan fingerprint density at radius 3 is 2.24 bits per heavy atom. The second-order valence-electron chi connectivity index (χ2n) is 8.01. The fourth-order valence-corrected chi connectivity index (χ4v) is 4.09. The maximum Gasteiger partial charge on any atom is 0.222 e. The normalized spacial score (nSPS) is 21.0. The maximum atomic E-state index is 12.2. The number of hydrogen-bond acceptors (Lipinski definition) is 3. The molecule has 2 aliphatic heterocycles. The van der Waals surface area contributed by atoms with Gasteiger partial charge >= 0.3 is 0 Å². The summed E-state index contributed by atoms with van der Waals surface area (Å²) < 4.78 is 0. The van der Waals surface area contributed by atoms with Crippen molar-refractivity contribution in [1.29, 1.82) is 0 Å². The summed E-state index contributed by atoms with van der Waals surface area (Å²) in [5, 5.41) is 0. The van der Waals surface area contributed by atoms with Crippen molar-refractivity contribution in [2.45, 2.75) is 45.7 Å². The summed E-state index contributed by atoms with van der Waals surface area (Å²) in [6, 6.07) is 11.4. The lowest BCUT2D eigenvalue weighted by atomic mass is 10.0. The Hall–Kier alpha value is -1.39. The Morgan fingerprint density at radius 1 is 1.00 bits per heavy atom. The van der Waals surface area contributed by atoms with Crippen LogP contribution in [0.4, 0.5) is 0 Å². The zero-order valence-corrected chi connectivity index (χ0v) is 15.9. The number of benzene rings is 1. The first kappa shape index (κ1) is 18.4. The first-order valence-electron chi connectivity index (χ1n) is 9.90. The number of carbonyl (C=O) groups is 1. The molecule has 0 spiro atoms. The van der Waals surface area contributed by atoms with Crippen LogP contribution >= 0.6 is 0 Å². The van der Waals surface area contributed by atoms with Crippen LogP contribution < -0.4 is 0 Å². The Kier molecular flexibility index (Phi) is 6.49. The lowest BCUT2D eigenvalue weighted by Gasteiger charge is -2.43. The lowest BCUT2D eigenvalue weighted by molar-refractivity contribution is -0.133. The largest absolute Gasteiger partial charge is 0.343 e. The van der Waals surface area contributed by atoms with Gasteiger partial charge in [-0.25, -0.2) is 0 Å². The molecule has 4 nitrogen and oxygen atoms in total. The Bertz CT molecular complexity index is 529. The van der Waals surface area contributed by atoms with Gasteiger partial charge in [-0.3, -0.25) is 14.6 Å². The number of piperazine rings is 1. The highest BCUT2D eigenvalue weighted by atomic mass is 16.2. The second kappa shape index (κ2) is 8.81. The molecule has 0 aliphatic carbocycles. The predicted molar refractivity (Wildman–Crippen MR) is 102 cm³/mol. The quantitative estimate of drug-likeness (QED) is 0.822. The van der Waals surface area contributed by atoms with Gasteiger partial charge in [0.1, 0.15) is 0 Å². The number of amides is 1. The van der Waals surface area contributed by atoms with Gasteiger partial charge in [0, 0.05) is 58.3 Å². The lowest BCUT2D eigenvalue weighted by Crippen LogP contribution is -2.53. The van der Waals surface area contributed by atoms with Gasteiger partial charge in [-0.05, 0) is 24.3 Å². The van der Waals surface area contributed by atoms with Crippen LogP contribution in [0.15, 0.2) is 30.3 Å². The summed E-state index contributed by atoms with van der Waals surface area (Å²) in [7, 11) is 0. The molecule has 0 radical (unpaired) electrons. The second-order valence-corrected chi connectivity index (χ2v) is 8.01. The van der Waals surface area contributed by atoms with Crippen molar-refractivity contribution in [1.82, 2.24) is 14.7 Å². The third-order valence-electron chi connectivity index (χ3n) is 5.57. The van der Waals surface area contributed by atoms with Crippen LogP contribution in [0, 0.1) is 5.92 Å². The highest BCUT2D eigenvalue weighted by molar-refractivity contribution is 5.76. The van der Waals surface area contributed by atoms with Crippen LogP contribution in [-0.4, -0.2) is 65.9 Å². The molecule has 2 heterocycles. The first-order valence-corrected chi connectivity index (χ1v) is 9.90. The molecular formula is C21H33N3O. The van der Waals surface area contributed by atoms with Gasteiger partial charge in [0.15, 0.2) is 0 Å². The number of likely N-dealkylation sites (tertiary alicyclic amines) is 1. The summed E-state index contributed by atoms with van der Waals surface area (Å²) in [5.74, 6) is 0.809. The van der Waals surface area contributed by atoms with E-state index in [2.05, 4.69) is 58.9 Å². The van der Waals surface area contributed by atoms with E-state index in [-0.39, 0.29) is 0 Å². The van der Waals surface area contributed by atoms with Gasteiger partial charge in [0.05, 0.1) is 0 Å². The molecule has 0 bridgehead atoms. The van der Waals surface area contributed by atoms with Crippen molar-refractivity contribution in [3.63, 3.8) is 0 Å². The molecule has 1 aromatic rings. The minimum Gasteiger partial charge on any atom is -0.343 e. The van der Waals surface area contributed by atoms with Crippen LogP contribution in [0.1, 0.15) is 38.7 Å². The van der Waals surface area contributed by atoms with E-state index in [0.717, 1.165) is 58.7 Å². The molecule has 0 saturated carbocycles. The molecule has 4 heteroatoms. The van der Waals surface area contributed by atoms with Crippen LogP contribution in [0.5, 0.6) is 0 Å². The Labute approximate surface area is 152 Å². The van der Waals surface area contributed by atoms with Gasteiger partial charge in [-0.2, -0.15) is 0 Å². The number of nitrogens with zero attached hydrogens (tertiary/aromatic N) is 3. The highest BCUT2D eigenvalue weighted by Gasteiger charge is 2.29. The molecule has 2 fully saturated rings. The van der Waals surface area contributed by atoms with Crippen LogP contribution in [0.3, 0.4) is 0 Å². The van der Waals surface area contributed by atoms with Crippen molar-refractivity contribution in [3.8, 4) is 0 Å². The summed E-state index contributed by atoms with van der Waals surface area (Å²) in [5.41, 5.74) is 1.41. The average Bonchev–Trinajstić information content (AvgIpc) is 2.63. The predicted octanol–water partition coefficient (Wildman–Crippen LogP) is 2.84. The SMILES string of the molecule is CC(C)CC(=O)N1CCC(N2CCN(Cc3ccccc3)CC2)CC1. The van der Waals surface area contributed by atoms with E-state index in [0.29, 0.717) is 24.3 Å². The molecule has 0 atom stereocenters. The van der Waals surface area contributed by atoms with Gasteiger partial charge in [0.2, 0.25) is 5.91 Å². The van der Waals surface area contributed by atoms with Gasteiger partial charge in [-0.1, -0.05) is 44.2 Å². The van der Waals surface area contributed by atoms with E-state index in [9.17, 15) is 4.79 Å². The van der Waals surface area contributed by atoms with E-state index < -0.39 is 0 Å². The van der Waals surface area contributed by atoms with Crippen molar-refractivity contribution < 1.29 is 4.79 Å². The monoisotopic (exact) mass is 343 g/mol. The smallest absolute Gasteiger partial charge is 0.222 e. The average molecular weight is 344 g/mol.